The predicted octanol–water partition coefficient (Wildman–Crippen LogP) is 2.16. The summed E-state index contributed by atoms with van der Waals surface area (Å²) in [5.41, 5.74) is 4.11. The second-order valence-corrected chi connectivity index (χ2v) is 4.41. The van der Waals surface area contributed by atoms with Crippen LogP contribution in [0, 0.1) is 0 Å². The van der Waals surface area contributed by atoms with Gasteiger partial charge in [-0.05, 0) is 18.9 Å². The number of pyridine rings is 1. The zero-order valence-electron chi connectivity index (χ0n) is 10.0. The number of hydrogen-bond donors (Lipinski definition) is 1. The zero-order chi connectivity index (χ0) is 12.4. The predicted molar refractivity (Wildman–Crippen MR) is 72.3 cm³/mol. The molecule has 1 aliphatic heterocycles. The highest BCUT2D eigenvalue weighted by Gasteiger charge is 2.14. The maximum atomic E-state index is 11.4. The minimum atomic E-state index is -0.0388. The van der Waals surface area contributed by atoms with Crippen LogP contribution in [0.15, 0.2) is 52.3 Å². The van der Waals surface area contributed by atoms with Gasteiger partial charge in [-0.3, -0.25) is 9.79 Å². The molecule has 0 saturated heterocycles. The normalized spacial score (nSPS) is 14.6. The van der Waals surface area contributed by atoms with Crippen LogP contribution in [0.4, 0.5) is 0 Å². The van der Waals surface area contributed by atoms with Crippen LogP contribution in [0.5, 0.6) is 0 Å². The van der Waals surface area contributed by atoms with Crippen LogP contribution in [0.25, 0.3) is 0 Å². The Labute approximate surface area is 105 Å². The molecule has 0 atom stereocenters. The molecule has 2 heterocycles. The Kier molecular flexibility index (Phi) is 2.81. The van der Waals surface area contributed by atoms with E-state index in [2.05, 4.69) is 22.1 Å². The van der Waals surface area contributed by atoms with E-state index < -0.39 is 0 Å². The van der Waals surface area contributed by atoms with Crippen LogP contribution >= 0.6 is 0 Å². The maximum Gasteiger partial charge on any atom is 0.248 e. The molecule has 3 rings (SSSR count). The molecule has 0 aliphatic carbocycles. The van der Waals surface area contributed by atoms with Crippen molar-refractivity contribution in [3.8, 4) is 0 Å². The van der Waals surface area contributed by atoms with Gasteiger partial charge in [-0.2, -0.15) is 0 Å². The van der Waals surface area contributed by atoms with Gasteiger partial charge in [0.15, 0.2) is 0 Å². The Morgan fingerprint density at radius 1 is 1.06 bits per heavy atom. The summed E-state index contributed by atoms with van der Waals surface area (Å²) in [5, 5.41) is 0. The van der Waals surface area contributed by atoms with Crippen LogP contribution in [-0.2, 0) is 6.42 Å². The van der Waals surface area contributed by atoms with Gasteiger partial charge in [0.25, 0.3) is 0 Å². The summed E-state index contributed by atoms with van der Waals surface area (Å²) in [7, 11) is 0. The summed E-state index contributed by atoms with van der Waals surface area (Å²) in [4.78, 5) is 19.0. The fraction of sp³-hybridized carbons (Fsp3) is 0.200. The first kappa shape index (κ1) is 11.0. The molecule has 0 saturated carbocycles. The van der Waals surface area contributed by atoms with Crippen molar-refractivity contribution in [2.45, 2.75) is 12.8 Å². The van der Waals surface area contributed by atoms with E-state index in [1.807, 2.05) is 24.3 Å². The number of fused-ring (bicyclic) bond motifs is 1. The number of aromatic amines is 1. The first-order chi connectivity index (χ1) is 8.84. The molecule has 3 nitrogen and oxygen atoms in total. The lowest BCUT2D eigenvalue weighted by Gasteiger charge is -2.08. The van der Waals surface area contributed by atoms with Crippen molar-refractivity contribution in [3.05, 3.63) is 69.6 Å². The van der Waals surface area contributed by atoms with Gasteiger partial charge in [-0.25, -0.2) is 0 Å². The van der Waals surface area contributed by atoms with Crippen molar-refractivity contribution in [2.75, 3.05) is 6.54 Å². The van der Waals surface area contributed by atoms with Crippen molar-refractivity contribution < 1.29 is 0 Å². The van der Waals surface area contributed by atoms with Gasteiger partial charge in [-0.1, -0.05) is 30.3 Å². The Bertz CT molecular complexity index is 641. The first-order valence-corrected chi connectivity index (χ1v) is 6.17. The number of rotatable bonds is 1. The van der Waals surface area contributed by atoms with Crippen molar-refractivity contribution >= 4 is 5.71 Å². The molecule has 1 aromatic heterocycles. The van der Waals surface area contributed by atoms with Crippen molar-refractivity contribution in [2.24, 2.45) is 4.99 Å². The average molecular weight is 238 g/mol. The Morgan fingerprint density at radius 3 is 2.72 bits per heavy atom. The molecular weight excluding hydrogens is 224 g/mol. The van der Waals surface area contributed by atoms with Gasteiger partial charge >= 0.3 is 0 Å². The van der Waals surface area contributed by atoms with E-state index in [1.165, 1.54) is 0 Å². The second-order valence-electron chi connectivity index (χ2n) is 4.41. The Hall–Kier alpha value is -2.16. The van der Waals surface area contributed by atoms with Gasteiger partial charge in [0.2, 0.25) is 5.56 Å². The number of benzene rings is 1. The van der Waals surface area contributed by atoms with Gasteiger partial charge in [-0.15, -0.1) is 0 Å². The quantitative estimate of drug-likeness (QED) is 0.813. The van der Waals surface area contributed by atoms with Crippen molar-refractivity contribution in [1.82, 2.24) is 4.98 Å². The molecule has 0 unspecified atom stereocenters. The molecule has 0 bridgehead atoms. The number of H-pyrrole nitrogens is 1. The minimum absolute atomic E-state index is 0.0388. The summed E-state index contributed by atoms with van der Waals surface area (Å²) in [6, 6.07) is 13.6. The van der Waals surface area contributed by atoms with Crippen LogP contribution in [0.2, 0.25) is 0 Å². The molecule has 1 aliphatic rings. The topological polar surface area (TPSA) is 45.2 Å². The van der Waals surface area contributed by atoms with Crippen LogP contribution in [0.3, 0.4) is 0 Å². The van der Waals surface area contributed by atoms with E-state index in [9.17, 15) is 4.79 Å². The third-order valence-electron chi connectivity index (χ3n) is 3.16. The number of nitrogens with one attached hydrogen (secondary N) is 1. The molecule has 0 fully saturated rings. The highest BCUT2D eigenvalue weighted by Crippen LogP contribution is 2.17. The number of aromatic nitrogens is 1. The van der Waals surface area contributed by atoms with E-state index >= 15 is 0 Å². The molecule has 90 valence electrons. The molecule has 0 radical (unpaired) electrons. The Morgan fingerprint density at radius 2 is 1.89 bits per heavy atom. The fourth-order valence-electron chi connectivity index (χ4n) is 2.31. The highest BCUT2D eigenvalue weighted by molar-refractivity contribution is 6.13. The summed E-state index contributed by atoms with van der Waals surface area (Å²) in [5.74, 6) is 0. The maximum absolute atomic E-state index is 11.4. The molecule has 1 N–H and O–H groups in total. The zero-order valence-corrected chi connectivity index (χ0v) is 10.0. The molecule has 18 heavy (non-hydrogen) atoms. The van der Waals surface area contributed by atoms with Crippen LogP contribution < -0.4 is 5.56 Å². The average Bonchev–Trinajstić information content (AvgIpc) is 2.61. The van der Waals surface area contributed by atoms with E-state index in [1.54, 1.807) is 6.07 Å². The molecule has 1 aromatic carbocycles. The van der Waals surface area contributed by atoms with E-state index in [4.69, 9.17) is 0 Å². The Balaban J connectivity index is 2.17. The third kappa shape index (κ3) is 1.99. The van der Waals surface area contributed by atoms with Crippen LogP contribution in [-0.4, -0.2) is 17.2 Å². The number of aryl methyl sites for hydroxylation is 1. The van der Waals surface area contributed by atoms with E-state index in [0.29, 0.717) is 0 Å². The number of hydrogen-bond acceptors (Lipinski definition) is 2. The van der Waals surface area contributed by atoms with Crippen molar-refractivity contribution in [3.63, 3.8) is 0 Å². The van der Waals surface area contributed by atoms with Gasteiger partial charge < -0.3 is 4.98 Å². The lowest BCUT2D eigenvalue weighted by molar-refractivity contribution is 0.819. The number of aliphatic imine (C=N–C) groups is 1. The summed E-state index contributed by atoms with van der Waals surface area (Å²) < 4.78 is 0. The monoisotopic (exact) mass is 238 g/mol. The van der Waals surface area contributed by atoms with Gasteiger partial charge in [0.1, 0.15) is 0 Å². The largest absolute Gasteiger partial charge is 0.326 e. The smallest absolute Gasteiger partial charge is 0.248 e. The third-order valence-corrected chi connectivity index (χ3v) is 3.16. The van der Waals surface area contributed by atoms with Gasteiger partial charge in [0, 0.05) is 29.4 Å². The number of nitrogens with zero attached hydrogens (tertiary/aromatic N) is 1. The molecule has 2 aromatic rings. The van der Waals surface area contributed by atoms with Crippen molar-refractivity contribution in [1.29, 1.82) is 0 Å². The second kappa shape index (κ2) is 4.61. The molecule has 0 amide bonds. The lowest BCUT2D eigenvalue weighted by Crippen LogP contribution is -2.13. The molecular formula is C15H14N2O. The lowest BCUT2D eigenvalue weighted by atomic mass is 10.00. The van der Waals surface area contributed by atoms with Gasteiger partial charge in [0.05, 0.1) is 5.71 Å². The minimum Gasteiger partial charge on any atom is -0.326 e. The first-order valence-electron chi connectivity index (χ1n) is 6.17. The SMILES string of the molecule is O=c1ccc2c([nH]1)CCCN=C2c1ccccc1. The van der Waals surface area contributed by atoms with Crippen LogP contribution in [0.1, 0.15) is 23.2 Å². The molecule has 0 spiro atoms. The summed E-state index contributed by atoms with van der Waals surface area (Å²) in [6.07, 6.45) is 1.86. The fourth-order valence-corrected chi connectivity index (χ4v) is 2.31. The van der Waals surface area contributed by atoms with E-state index in [-0.39, 0.29) is 5.56 Å². The molecule has 3 heteroatoms. The van der Waals surface area contributed by atoms with E-state index in [0.717, 1.165) is 41.9 Å². The summed E-state index contributed by atoms with van der Waals surface area (Å²) >= 11 is 0. The standard InChI is InChI=1S/C15H14N2O/c18-14-9-8-12-13(17-14)7-4-10-16-15(12)11-5-2-1-3-6-11/h1-3,5-6,8-9H,4,7,10H2,(H,17,18). The highest BCUT2D eigenvalue weighted by atomic mass is 16.1. The summed E-state index contributed by atoms with van der Waals surface area (Å²) in [6.45, 7) is 0.806.